The van der Waals surface area contributed by atoms with Gasteiger partial charge in [-0.1, -0.05) is 37.3 Å². The Morgan fingerprint density at radius 3 is 2.53 bits per heavy atom. The third-order valence-corrected chi connectivity index (χ3v) is 3.71. The van der Waals surface area contributed by atoms with E-state index in [0.29, 0.717) is 12.0 Å². The first-order chi connectivity index (χ1) is 8.70. The van der Waals surface area contributed by atoms with E-state index >= 15 is 0 Å². The second kappa shape index (κ2) is 7.51. The number of benzene rings is 1. The van der Waals surface area contributed by atoms with Gasteiger partial charge in [-0.2, -0.15) is 0 Å². The fourth-order valence-electron chi connectivity index (χ4n) is 2.48. The quantitative estimate of drug-likeness (QED) is 0.870. The van der Waals surface area contributed by atoms with E-state index in [1.54, 1.807) is 0 Å². The Labute approximate surface area is 121 Å². The van der Waals surface area contributed by atoms with Crippen molar-refractivity contribution in [3.05, 3.63) is 35.9 Å². The summed E-state index contributed by atoms with van der Waals surface area (Å²) in [5.74, 6) is 0.836. The van der Waals surface area contributed by atoms with E-state index in [-0.39, 0.29) is 24.2 Å². The molecule has 0 bridgehead atoms. The highest BCUT2D eigenvalue weighted by Crippen LogP contribution is 2.36. The molecule has 1 fully saturated rings. The van der Waals surface area contributed by atoms with Crippen molar-refractivity contribution in [2.45, 2.75) is 31.7 Å². The Balaban J connectivity index is 0.00000180. The summed E-state index contributed by atoms with van der Waals surface area (Å²) in [7, 11) is 1.87. The predicted molar refractivity (Wildman–Crippen MR) is 80.7 cm³/mol. The Morgan fingerprint density at radius 1 is 1.32 bits per heavy atom. The lowest BCUT2D eigenvalue weighted by molar-refractivity contribution is -0.125. The molecule has 1 amide bonds. The van der Waals surface area contributed by atoms with Crippen LogP contribution in [0.2, 0.25) is 0 Å². The van der Waals surface area contributed by atoms with Crippen molar-refractivity contribution >= 4 is 18.3 Å². The molecule has 1 atom stereocenters. The van der Waals surface area contributed by atoms with Gasteiger partial charge >= 0.3 is 0 Å². The molecule has 0 aliphatic heterocycles. The molecule has 1 saturated carbocycles. The van der Waals surface area contributed by atoms with Crippen molar-refractivity contribution in [1.82, 2.24) is 10.6 Å². The Bertz CT molecular complexity index is 390. The minimum Gasteiger partial charge on any atom is -0.353 e. The van der Waals surface area contributed by atoms with Gasteiger partial charge in [-0.25, -0.2) is 0 Å². The van der Waals surface area contributed by atoms with Gasteiger partial charge in [0.25, 0.3) is 0 Å². The zero-order chi connectivity index (χ0) is 13.0. The van der Waals surface area contributed by atoms with Crippen LogP contribution < -0.4 is 10.6 Å². The first-order valence-electron chi connectivity index (χ1n) is 6.70. The SMILES string of the molecule is CNCC(C)C(=O)NC1CC(c2ccccc2)C1.Cl. The molecule has 1 aromatic rings. The molecule has 1 aliphatic rings. The molecule has 2 N–H and O–H groups in total. The zero-order valence-electron chi connectivity index (χ0n) is 11.6. The first-order valence-corrected chi connectivity index (χ1v) is 6.70. The van der Waals surface area contributed by atoms with Crippen LogP contribution in [0.4, 0.5) is 0 Å². The lowest BCUT2D eigenvalue weighted by atomic mass is 9.76. The van der Waals surface area contributed by atoms with E-state index in [0.717, 1.165) is 19.4 Å². The van der Waals surface area contributed by atoms with Crippen LogP contribution in [0, 0.1) is 5.92 Å². The van der Waals surface area contributed by atoms with Crippen LogP contribution in [-0.4, -0.2) is 25.5 Å². The summed E-state index contributed by atoms with van der Waals surface area (Å²) in [5.41, 5.74) is 1.39. The number of amides is 1. The second-order valence-electron chi connectivity index (χ2n) is 5.24. The van der Waals surface area contributed by atoms with Gasteiger partial charge < -0.3 is 10.6 Å². The highest BCUT2D eigenvalue weighted by Gasteiger charge is 2.31. The third-order valence-electron chi connectivity index (χ3n) is 3.71. The van der Waals surface area contributed by atoms with Crippen molar-refractivity contribution < 1.29 is 4.79 Å². The maximum absolute atomic E-state index is 11.8. The van der Waals surface area contributed by atoms with Crippen molar-refractivity contribution in [2.75, 3.05) is 13.6 Å². The number of carbonyl (C=O) groups excluding carboxylic acids is 1. The monoisotopic (exact) mass is 282 g/mol. The van der Waals surface area contributed by atoms with Crippen molar-refractivity contribution in [1.29, 1.82) is 0 Å². The summed E-state index contributed by atoms with van der Waals surface area (Å²) in [5, 5.41) is 6.15. The van der Waals surface area contributed by atoms with Gasteiger partial charge in [-0.3, -0.25) is 4.79 Å². The van der Waals surface area contributed by atoms with E-state index in [1.807, 2.05) is 20.0 Å². The van der Waals surface area contributed by atoms with Gasteiger partial charge in [0.2, 0.25) is 5.91 Å². The number of hydrogen-bond acceptors (Lipinski definition) is 2. The van der Waals surface area contributed by atoms with Gasteiger partial charge in [0.05, 0.1) is 0 Å². The summed E-state index contributed by atoms with van der Waals surface area (Å²) >= 11 is 0. The molecule has 106 valence electrons. The molecule has 2 rings (SSSR count). The zero-order valence-corrected chi connectivity index (χ0v) is 12.4. The van der Waals surface area contributed by atoms with E-state index in [1.165, 1.54) is 5.56 Å². The summed E-state index contributed by atoms with van der Waals surface area (Å²) in [6.45, 7) is 2.69. The van der Waals surface area contributed by atoms with Gasteiger partial charge in [-0.15, -0.1) is 12.4 Å². The fraction of sp³-hybridized carbons (Fsp3) is 0.533. The molecule has 0 spiro atoms. The average Bonchev–Trinajstić information content (AvgIpc) is 2.34. The Morgan fingerprint density at radius 2 is 1.95 bits per heavy atom. The largest absolute Gasteiger partial charge is 0.353 e. The summed E-state index contributed by atoms with van der Waals surface area (Å²) in [6, 6.07) is 10.9. The van der Waals surface area contributed by atoms with Crippen LogP contribution in [-0.2, 0) is 4.79 Å². The lowest BCUT2D eigenvalue weighted by Gasteiger charge is -2.36. The Kier molecular flexibility index (Phi) is 6.32. The molecule has 1 aliphatic carbocycles. The van der Waals surface area contributed by atoms with Crippen LogP contribution >= 0.6 is 12.4 Å². The highest BCUT2D eigenvalue weighted by molar-refractivity contribution is 5.85. The van der Waals surface area contributed by atoms with Crippen LogP contribution in [0.3, 0.4) is 0 Å². The van der Waals surface area contributed by atoms with E-state index < -0.39 is 0 Å². The molecular formula is C15H23ClN2O. The standard InChI is InChI=1S/C15H22N2O.ClH/c1-11(10-16-2)15(18)17-14-8-13(9-14)12-6-4-3-5-7-12;/h3-7,11,13-14,16H,8-10H2,1-2H3,(H,17,18);1H. The lowest BCUT2D eigenvalue weighted by Crippen LogP contribution is -2.46. The van der Waals surface area contributed by atoms with Gasteiger partial charge in [0.1, 0.15) is 0 Å². The molecule has 1 aromatic carbocycles. The van der Waals surface area contributed by atoms with Crippen molar-refractivity contribution in [2.24, 2.45) is 5.92 Å². The minimum atomic E-state index is 0. The topological polar surface area (TPSA) is 41.1 Å². The summed E-state index contributed by atoms with van der Waals surface area (Å²) in [6.07, 6.45) is 2.14. The van der Waals surface area contributed by atoms with Gasteiger partial charge in [-0.05, 0) is 31.4 Å². The van der Waals surface area contributed by atoms with Crippen LogP contribution in [0.1, 0.15) is 31.2 Å². The van der Waals surface area contributed by atoms with Crippen molar-refractivity contribution in [3.8, 4) is 0 Å². The molecule has 1 unspecified atom stereocenters. The van der Waals surface area contributed by atoms with Gasteiger partial charge in [0.15, 0.2) is 0 Å². The van der Waals surface area contributed by atoms with Crippen LogP contribution in [0.25, 0.3) is 0 Å². The molecule has 19 heavy (non-hydrogen) atoms. The first kappa shape index (κ1) is 16.0. The second-order valence-corrected chi connectivity index (χ2v) is 5.24. The minimum absolute atomic E-state index is 0. The van der Waals surface area contributed by atoms with E-state index in [9.17, 15) is 4.79 Å². The number of hydrogen-bond donors (Lipinski definition) is 2. The number of nitrogens with one attached hydrogen (secondary N) is 2. The van der Waals surface area contributed by atoms with E-state index in [2.05, 4.69) is 34.9 Å². The van der Waals surface area contributed by atoms with Crippen molar-refractivity contribution in [3.63, 3.8) is 0 Å². The van der Waals surface area contributed by atoms with Crippen LogP contribution in [0.15, 0.2) is 30.3 Å². The molecule has 4 heteroatoms. The molecule has 3 nitrogen and oxygen atoms in total. The maximum Gasteiger partial charge on any atom is 0.224 e. The maximum atomic E-state index is 11.8. The third kappa shape index (κ3) is 4.22. The van der Waals surface area contributed by atoms with E-state index in [4.69, 9.17) is 0 Å². The normalized spacial score (nSPS) is 22.8. The summed E-state index contributed by atoms with van der Waals surface area (Å²) < 4.78 is 0. The molecular weight excluding hydrogens is 260 g/mol. The molecule has 0 aromatic heterocycles. The smallest absolute Gasteiger partial charge is 0.224 e. The number of carbonyl (C=O) groups is 1. The molecule has 0 radical (unpaired) electrons. The fourth-order valence-corrected chi connectivity index (χ4v) is 2.48. The number of rotatable bonds is 5. The molecule has 0 heterocycles. The number of halogens is 1. The molecule has 0 saturated heterocycles. The predicted octanol–water partition coefficient (Wildman–Crippen LogP) is 2.33. The van der Waals surface area contributed by atoms with Gasteiger partial charge in [0, 0.05) is 18.5 Å². The Hall–Kier alpha value is -1.06. The van der Waals surface area contributed by atoms with Crippen LogP contribution in [0.5, 0.6) is 0 Å². The average molecular weight is 283 g/mol. The highest BCUT2D eigenvalue weighted by atomic mass is 35.5. The summed E-state index contributed by atoms with van der Waals surface area (Å²) in [4.78, 5) is 11.8.